The van der Waals surface area contributed by atoms with Crippen molar-refractivity contribution in [1.29, 1.82) is 0 Å². The SMILES string of the molecule is Cc1cccc(OCC(=O)NC(C)c2cccc(OCc3ccccn3)c2)c1. The van der Waals surface area contributed by atoms with E-state index in [4.69, 9.17) is 9.47 Å². The van der Waals surface area contributed by atoms with Crippen LogP contribution in [0.2, 0.25) is 0 Å². The highest BCUT2D eigenvalue weighted by Gasteiger charge is 2.11. The van der Waals surface area contributed by atoms with E-state index in [2.05, 4.69) is 10.3 Å². The van der Waals surface area contributed by atoms with Crippen molar-refractivity contribution in [2.24, 2.45) is 0 Å². The second-order valence-electron chi connectivity index (χ2n) is 6.58. The van der Waals surface area contributed by atoms with Gasteiger partial charge in [0, 0.05) is 6.20 Å². The van der Waals surface area contributed by atoms with E-state index in [-0.39, 0.29) is 18.6 Å². The minimum absolute atomic E-state index is 0.0241. The van der Waals surface area contributed by atoms with Crippen molar-refractivity contribution in [2.45, 2.75) is 26.5 Å². The Bertz CT molecular complexity index is 912. The number of nitrogens with one attached hydrogen (secondary N) is 1. The fourth-order valence-electron chi connectivity index (χ4n) is 2.73. The highest BCUT2D eigenvalue weighted by atomic mass is 16.5. The number of aromatic nitrogens is 1. The summed E-state index contributed by atoms with van der Waals surface area (Å²) in [5.74, 6) is 1.25. The number of carbonyl (C=O) groups excluding carboxylic acids is 1. The summed E-state index contributed by atoms with van der Waals surface area (Å²) < 4.78 is 11.4. The molecule has 5 heteroatoms. The van der Waals surface area contributed by atoms with Crippen LogP contribution >= 0.6 is 0 Å². The molecule has 1 N–H and O–H groups in total. The van der Waals surface area contributed by atoms with Gasteiger partial charge in [0.2, 0.25) is 0 Å². The average molecular weight is 376 g/mol. The van der Waals surface area contributed by atoms with Gasteiger partial charge in [0.15, 0.2) is 6.61 Å². The van der Waals surface area contributed by atoms with E-state index < -0.39 is 0 Å². The molecule has 3 rings (SSSR count). The van der Waals surface area contributed by atoms with Gasteiger partial charge in [-0.05, 0) is 61.4 Å². The second kappa shape index (κ2) is 9.55. The molecule has 0 saturated carbocycles. The molecule has 0 spiro atoms. The zero-order valence-electron chi connectivity index (χ0n) is 16.1. The molecule has 1 unspecified atom stereocenters. The van der Waals surface area contributed by atoms with Crippen molar-refractivity contribution in [3.63, 3.8) is 0 Å². The maximum absolute atomic E-state index is 12.2. The fraction of sp³-hybridized carbons (Fsp3) is 0.217. The number of benzene rings is 2. The van der Waals surface area contributed by atoms with Crippen LogP contribution in [0.5, 0.6) is 11.5 Å². The quantitative estimate of drug-likeness (QED) is 0.639. The van der Waals surface area contributed by atoms with Crippen LogP contribution in [0.4, 0.5) is 0 Å². The molecule has 1 amide bonds. The molecule has 0 aliphatic rings. The third kappa shape index (κ3) is 5.84. The summed E-state index contributed by atoms with van der Waals surface area (Å²) >= 11 is 0. The van der Waals surface area contributed by atoms with Crippen LogP contribution < -0.4 is 14.8 Å². The van der Waals surface area contributed by atoms with Gasteiger partial charge >= 0.3 is 0 Å². The lowest BCUT2D eigenvalue weighted by Crippen LogP contribution is -2.31. The third-order valence-electron chi connectivity index (χ3n) is 4.21. The fourth-order valence-corrected chi connectivity index (χ4v) is 2.73. The van der Waals surface area contributed by atoms with Gasteiger partial charge in [0.05, 0.1) is 11.7 Å². The van der Waals surface area contributed by atoms with Crippen LogP contribution in [0, 0.1) is 6.92 Å². The summed E-state index contributed by atoms with van der Waals surface area (Å²) in [6, 6.07) is 20.9. The minimum atomic E-state index is -0.172. The van der Waals surface area contributed by atoms with Crippen molar-refractivity contribution in [3.05, 3.63) is 89.7 Å². The van der Waals surface area contributed by atoms with Gasteiger partial charge in [-0.15, -0.1) is 0 Å². The number of pyridine rings is 1. The van der Waals surface area contributed by atoms with E-state index >= 15 is 0 Å². The zero-order chi connectivity index (χ0) is 19.8. The molecule has 144 valence electrons. The minimum Gasteiger partial charge on any atom is -0.487 e. The molecule has 3 aromatic rings. The molecular formula is C23H24N2O3. The molecule has 1 aromatic heterocycles. The Balaban J connectivity index is 1.52. The van der Waals surface area contributed by atoms with E-state index in [0.29, 0.717) is 12.4 Å². The van der Waals surface area contributed by atoms with Crippen molar-refractivity contribution in [1.82, 2.24) is 10.3 Å². The maximum Gasteiger partial charge on any atom is 0.258 e. The van der Waals surface area contributed by atoms with Crippen molar-refractivity contribution in [3.8, 4) is 11.5 Å². The summed E-state index contributed by atoms with van der Waals surface area (Å²) in [4.78, 5) is 16.5. The van der Waals surface area contributed by atoms with E-state index in [1.165, 1.54) is 0 Å². The van der Waals surface area contributed by atoms with E-state index in [0.717, 1.165) is 22.6 Å². The van der Waals surface area contributed by atoms with Crippen molar-refractivity contribution >= 4 is 5.91 Å². The first-order valence-corrected chi connectivity index (χ1v) is 9.21. The molecule has 28 heavy (non-hydrogen) atoms. The molecule has 0 saturated heterocycles. The van der Waals surface area contributed by atoms with E-state index in [1.807, 2.05) is 80.6 Å². The summed E-state index contributed by atoms with van der Waals surface area (Å²) in [5, 5.41) is 2.95. The maximum atomic E-state index is 12.2. The van der Waals surface area contributed by atoms with Gasteiger partial charge in [-0.3, -0.25) is 9.78 Å². The largest absolute Gasteiger partial charge is 0.487 e. The smallest absolute Gasteiger partial charge is 0.258 e. The van der Waals surface area contributed by atoms with Gasteiger partial charge in [-0.2, -0.15) is 0 Å². The Labute approximate surface area is 165 Å². The predicted octanol–water partition coefficient (Wildman–Crippen LogP) is 4.23. The number of ether oxygens (including phenoxy) is 2. The van der Waals surface area contributed by atoms with Gasteiger partial charge < -0.3 is 14.8 Å². The van der Waals surface area contributed by atoms with E-state index in [1.54, 1.807) is 6.20 Å². The lowest BCUT2D eigenvalue weighted by atomic mass is 10.1. The molecule has 1 atom stereocenters. The lowest BCUT2D eigenvalue weighted by molar-refractivity contribution is -0.123. The zero-order valence-corrected chi connectivity index (χ0v) is 16.1. The molecule has 0 aliphatic heterocycles. The first-order chi connectivity index (χ1) is 13.6. The number of amides is 1. The molecule has 0 radical (unpaired) electrons. The van der Waals surface area contributed by atoms with Crippen LogP contribution in [0.25, 0.3) is 0 Å². The number of nitrogens with zero attached hydrogens (tertiary/aromatic N) is 1. The Morgan fingerprint density at radius 2 is 1.79 bits per heavy atom. The summed E-state index contributed by atoms with van der Waals surface area (Å²) in [6.07, 6.45) is 1.74. The summed E-state index contributed by atoms with van der Waals surface area (Å²) in [6.45, 7) is 4.29. The Morgan fingerprint density at radius 3 is 2.54 bits per heavy atom. The molecular weight excluding hydrogens is 352 g/mol. The predicted molar refractivity (Wildman–Crippen MR) is 108 cm³/mol. The van der Waals surface area contributed by atoms with Crippen LogP contribution in [0.3, 0.4) is 0 Å². The van der Waals surface area contributed by atoms with Crippen LogP contribution in [0.1, 0.15) is 29.8 Å². The number of hydrogen-bond acceptors (Lipinski definition) is 4. The number of rotatable bonds is 8. The van der Waals surface area contributed by atoms with Crippen LogP contribution in [-0.4, -0.2) is 17.5 Å². The molecule has 0 aliphatic carbocycles. The average Bonchev–Trinajstić information content (AvgIpc) is 2.72. The lowest BCUT2D eigenvalue weighted by Gasteiger charge is -2.16. The molecule has 0 fully saturated rings. The monoisotopic (exact) mass is 376 g/mol. The molecule has 0 bridgehead atoms. The van der Waals surface area contributed by atoms with Gasteiger partial charge in [-0.1, -0.05) is 30.3 Å². The highest BCUT2D eigenvalue weighted by Crippen LogP contribution is 2.20. The van der Waals surface area contributed by atoms with Crippen LogP contribution in [0.15, 0.2) is 72.9 Å². The van der Waals surface area contributed by atoms with E-state index in [9.17, 15) is 4.79 Å². The van der Waals surface area contributed by atoms with Crippen molar-refractivity contribution in [2.75, 3.05) is 6.61 Å². The van der Waals surface area contributed by atoms with Crippen LogP contribution in [-0.2, 0) is 11.4 Å². The summed E-state index contributed by atoms with van der Waals surface area (Å²) in [7, 11) is 0. The first kappa shape index (κ1) is 19.4. The number of hydrogen-bond donors (Lipinski definition) is 1. The standard InChI is InChI=1S/C23H24N2O3/c1-17-7-5-10-21(13-17)28-16-23(26)25-18(2)19-8-6-11-22(14-19)27-15-20-9-3-4-12-24-20/h3-14,18H,15-16H2,1-2H3,(H,25,26). The molecule has 1 heterocycles. The Kier molecular flexibility index (Phi) is 6.63. The normalized spacial score (nSPS) is 11.5. The van der Waals surface area contributed by atoms with Gasteiger partial charge in [0.1, 0.15) is 18.1 Å². The Morgan fingerprint density at radius 1 is 1.00 bits per heavy atom. The molecule has 5 nitrogen and oxygen atoms in total. The topological polar surface area (TPSA) is 60.5 Å². The van der Waals surface area contributed by atoms with Crippen molar-refractivity contribution < 1.29 is 14.3 Å². The number of carbonyl (C=O) groups is 1. The number of aryl methyl sites for hydroxylation is 1. The second-order valence-corrected chi connectivity index (χ2v) is 6.58. The third-order valence-corrected chi connectivity index (χ3v) is 4.21. The summed E-state index contributed by atoms with van der Waals surface area (Å²) in [5.41, 5.74) is 2.92. The first-order valence-electron chi connectivity index (χ1n) is 9.21. The highest BCUT2D eigenvalue weighted by molar-refractivity contribution is 5.78. The van der Waals surface area contributed by atoms with Gasteiger partial charge in [0.25, 0.3) is 5.91 Å². The van der Waals surface area contributed by atoms with Gasteiger partial charge in [-0.25, -0.2) is 0 Å². The Hall–Kier alpha value is -3.34. The molecule has 2 aromatic carbocycles.